The number of aryl methyl sites for hydroxylation is 2. The second-order valence-corrected chi connectivity index (χ2v) is 7.26. The van der Waals surface area contributed by atoms with Gasteiger partial charge in [-0.05, 0) is 49.7 Å². The second-order valence-electron chi connectivity index (χ2n) is 6.41. The monoisotopic (exact) mass is 436 g/mol. The number of rotatable bonds is 4. The van der Waals surface area contributed by atoms with E-state index < -0.39 is 0 Å². The zero-order chi connectivity index (χ0) is 17.9. The van der Waals surface area contributed by atoms with Crippen LogP contribution in [0.3, 0.4) is 0 Å². The average Bonchev–Trinajstić information content (AvgIpc) is 3.08. The fraction of sp³-hybridized carbons (Fsp3) is 0.0870. The molecule has 0 unspecified atom stereocenters. The van der Waals surface area contributed by atoms with Crippen molar-refractivity contribution >= 4 is 22.2 Å². The highest BCUT2D eigenvalue weighted by Crippen LogP contribution is 2.30. The normalized spacial score (nSPS) is 10.3. The number of nitrogens with one attached hydrogen (secondary N) is 1. The minimum absolute atomic E-state index is 0. The number of thiazole rings is 1. The number of benzene rings is 3. The van der Waals surface area contributed by atoms with Crippen molar-refractivity contribution < 1.29 is 21.5 Å². The van der Waals surface area contributed by atoms with Gasteiger partial charge in [0, 0.05) is 10.9 Å². The van der Waals surface area contributed by atoms with Crippen LogP contribution in [0.5, 0.6) is 0 Å². The number of halogens is 1. The fourth-order valence-corrected chi connectivity index (χ4v) is 4.03. The Balaban J connectivity index is 0.00000210. The largest absolute Gasteiger partial charge is 1.00 e. The van der Waals surface area contributed by atoms with E-state index in [-0.39, 0.29) is 17.0 Å². The SMILES string of the molecule is Cc1ccc(C)c(-c2csc(Nc3ccccc3)[n+]2-c2ccccc2)c1.[Br-]. The highest BCUT2D eigenvalue weighted by molar-refractivity contribution is 7.13. The van der Waals surface area contributed by atoms with Crippen molar-refractivity contribution in [2.45, 2.75) is 13.8 Å². The highest BCUT2D eigenvalue weighted by atomic mass is 79.9. The van der Waals surface area contributed by atoms with Crippen LogP contribution < -0.4 is 26.9 Å². The second kappa shape index (κ2) is 8.51. The van der Waals surface area contributed by atoms with Gasteiger partial charge in [-0.2, -0.15) is 4.57 Å². The predicted octanol–water partition coefficient (Wildman–Crippen LogP) is 3.06. The highest BCUT2D eigenvalue weighted by Gasteiger charge is 2.22. The Kier molecular flexibility index (Phi) is 6.09. The summed E-state index contributed by atoms with van der Waals surface area (Å²) in [5.41, 5.74) is 7.28. The maximum absolute atomic E-state index is 3.58. The van der Waals surface area contributed by atoms with Crippen molar-refractivity contribution in [3.8, 4) is 16.9 Å². The maximum Gasteiger partial charge on any atom is 0.344 e. The molecule has 0 spiro atoms. The molecule has 4 heteroatoms. The molecule has 0 saturated heterocycles. The van der Waals surface area contributed by atoms with E-state index in [0.717, 1.165) is 16.5 Å². The molecule has 0 amide bonds. The molecule has 4 rings (SSSR count). The lowest BCUT2D eigenvalue weighted by molar-refractivity contribution is -0.563. The Morgan fingerprint density at radius 3 is 2.19 bits per heavy atom. The first kappa shape index (κ1) is 19.3. The van der Waals surface area contributed by atoms with Crippen molar-refractivity contribution in [3.63, 3.8) is 0 Å². The topological polar surface area (TPSA) is 15.9 Å². The molecule has 0 bridgehead atoms. The van der Waals surface area contributed by atoms with Crippen molar-refractivity contribution in [3.05, 3.63) is 95.4 Å². The molecule has 1 aromatic heterocycles. The third-order valence-electron chi connectivity index (χ3n) is 4.43. The van der Waals surface area contributed by atoms with Gasteiger partial charge in [0.25, 0.3) is 0 Å². The van der Waals surface area contributed by atoms with Crippen molar-refractivity contribution in [2.24, 2.45) is 0 Å². The first-order valence-corrected chi connectivity index (χ1v) is 9.59. The van der Waals surface area contributed by atoms with E-state index in [0.29, 0.717) is 0 Å². The number of hydrogen-bond acceptors (Lipinski definition) is 2. The number of anilines is 2. The molecule has 0 radical (unpaired) electrons. The zero-order valence-electron chi connectivity index (χ0n) is 15.3. The standard InChI is InChI=1S/C23H20N2S.BrH/c1-17-13-14-18(2)21(15-17)22-16-26-23(24-19-9-5-3-6-10-19)25(22)20-11-7-4-8-12-20;/h3-16H,1-2H3;1H. The Bertz CT molecular complexity index is 1030. The number of para-hydroxylation sites is 2. The summed E-state index contributed by atoms with van der Waals surface area (Å²) >= 11 is 1.73. The first-order valence-electron chi connectivity index (χ1n) is 8.71. The number of aromatic nitrogens is 1. The van der Waals surface area contributed by atoms with Crippen molar-refractivity contribution in [1.29, 1.82) is 0 Å². The minimum Gasteiger partial charge on any atom is -1.00 e. The van der Waals surface area contributed by atoms with E-state index in [1.807, 2.05) is 6.07 Å². The molecule has 1 heterocycles. The molecule has 0 aliphatic rings. The van der Waals surface area contributed by atoms with Gasteiger partial charge in [-0.25, -0.2) is 5.32 Å². The van der Waals surface area contributed by atoms with E-state index in [1.165, 1.54) is 22.4 Å². The minimum atomic E-state index is 0. The van der Waals surface area contributed by atoms with Gasteiger partial charge in [-0.15, -0.1) is 0 Å². The van der Waals surface area contributed by atoms with E-state index in [1.54, 1.807) is 11.3 Å². The van der Waals surface area contributed by atoms with Gasteiger partial charge >= 0.3 is 5.13 Å². The summed E-state index contributed by atoms with van der Waals surface area (Å²) in [6.07, 6.45) is 0. The molecule has 27 heavy (non-hydrogen) atoms. The van der Waals surface area contributed by atoms with Crippen LogP contribution in [0.25, 0.3) is 16.9 Å². The van der Waals surface area contributed by atoms with Crippen LogP contribution in [0.15, 0.2) is 84.2 Å². The molecular weight excluding hydrogens is 416 g/mol. The predicted molar refractivity (Wildman–Crippen MR) is 110 cm³/mol. The molecule has 0 fully saturated rings. The van der Waals surface area contributed by atoms with Crippen LogP contribution in [0.2, 0.25) is 0 Å². The van der Waals surface area contributed by atoms with Crippen LogP contribution >= 0.6 is 11.3 Å². The summed E-state index contributed by atoms with van der Waals surface area (Å²) in [7, 11) is 0. The summed E-state index contributed by atoms with van der Waals surface area (Å²) in [6.45, 7) is 4.32. The van der Waals surface area contributed by atoms with E-state index in [9.17, 15) is 0 Å². The van der Waals surface area contributed by atoms with Crippen LogP contribution in [-0.2, 0) is 0 Å². The molecule has 2 nitrogen and oxygen atoms in total. The summed E-state index contributed by atoms with van der Waals surface area (Å²) in [5, 5.41) is 6.91. The van der Waals surface area contributed by atoms with Crippen LogP contribution in [-0.4, -0.2) is 0 Å². The van der Waals surface area contributed by atoms with Crippen molar-refractivity contribution in [1.82, 2.24) is 0 Å². The summed E-state index contributed by atoms with van der Waals surface area (Å²) in [5.74, 6) is 0. The van der Waals surface area contributed by atoms with E-state index in [4.69, 9.17) is 0 Å². The van der Waals surface area contributed by atoms with Gasteiger partial charge in [0.05, 0.1) is 0 Å². The van der Waals surface area contributed by atoms with Crippen molar-refractivity contribution in [2.75, 3.05) is 5.32 Å². The Morgan fingerprint density at radius 1 is 0.815 bits per heavy atom. The smallest absolute Gasteiger partial charge is 0.344 e. The lowest BCUT2D eigenvalue weighted by atomic mass is 10.0. The third kappa shape index (κ3) is 4.12. The molecule has 136 valence electrons. The van der Waals surface area contributed by atoms with Gasteiger partial charge < -0.3 is 17.0 Å². The number of hydrogen-bond donors (Lipinski definition) is 1. The molecule has 3 aromatic carbocycles. The fourth-order valence-electron chi connectivity index (χ4n) is 3.09. The summed E-state index contributed by atoms with van der Waals surface area (Å²) in [6, 6.07) is 27.5. The Hall–Kier alpha value is -2.43. The number of nitrogens with zero attached hydrogens (tertiary/aromatic N) is 1. The quantitative estimate of drug-likeness (QED) is 0.486. The average molecular weight is 437 g/mol. The zero-order valence-corrected chi connectivity index (χ0v) is 17.7. The summed E-state index contributed by atoms with van der Waals surface area (Å²) in [4.78, 5) is 0. The van der Waals surface area contributed by atoms with Crippen LogP contribution in [0.1, 0.15) is 11.1 Å². The molecule has 1 N–H and O–H groups in total. The molecule has 0 atom stereocenters. The van der Waals surface area contributed by atoms with Crippen LogP contribution in [0.4, 0.5) is 10.8 Å². The Morgan fingerprint density at radius 2 is 1.48 bits per heavy atom. The third-order valence-corrected chi connectivity index (χ3v) is 5.28. The van der Waals surface area contributed by atoms with Gasteiger partial charge in [-0.1, -0.05) is 65.4 Å². The van der Waals surface area contributed by atoms with Gasteiger partial charge in [-0.3, -0.25) is 0 Å². The first-order chi connectivity index (χ1) is 12.7. The molecule has 4 aromatic rings. The molecule has 0 aliphatic heterocycles. The molecule has 0 saturated carbocycles. The van der Waals surface area contributed by atoms with Gasteiger partial charge in [0.2, 0.25) is 0 Å². The lowest BCUT2D eigenvalue weighted by Crippen LogP contribution is -3.00. The van der Waals surface area contributed by atoms with E-state index >= 15 is 0 Å². The lowest BCUT2D eigenvalue weighted by Gasteiger charge is -2.09. The molecular formula is C23H21BrN2S. The Labute approximate surface area is 174 Å². The van der Waals surface area contributed by atoms with E-state index in [2.05, 4.69) is 102 Å². The van der Waals surface area contributed by atoms with Gasteiger partial charge in [0.1, 0.15) is 11.4 Å². The maximum atomic E-state index is 3.58. The summed E-state index contributed by atoms with van der Waals surface area (Å²) < 4.78 is 2.30. The van der Waals surface area contributed by atoms with Gasteiger partial charge in [0.15, 0.2) is 5.69 Å². The molecule has 0 aliphatic carbocycles. The van der Waals surface area contributed by atoms with Crippen LogP contribution in [0, 0.1) is 13.8 Å².